The van der Waals surface area contributed by atoms with Gasteiger partial charge in [-0.1, -0.05) is 12.1 Å². The highest BCUT2D eigenvalue weighted by Gasteiger charge is 2.41. The van der Waals surface area contributed by atoms with Crippen molar-refractivity contribution in [3.05, 3.63) is 24.3 Å². The number of benzene rings is 1. The molecule has 1 saturated heterocycles. The van der Waals surface area contributed by atoms with Crippen molar-refractivity contribution in [2.24, 2.45) is 0 Å². The molecule has 1 aromatic carbocycles. The van der Waals surface area contributed by atoms with Crippen LogP contribution in [0.4, 0.5) is 0 Å². The predicted octanol–water partition coefficient (Wildman–Crippen LogP) is 3.18. The summed E-state index contributed by atoms with van der Waals surface area (Å²) >= 11 is 3.46. The normalized spacial score (nSPS) is 21.7. The first kappa shape index (κ1) is 15.3. The topological polar surface area (TPSA) is 41.5 Å². The van der Waals surface area contributed by atoms with Gasteiger partial charge in [0, 0.05) is 18.9 Å². The number of thiazole rings is 1. The van der Waals surface area contributed by atoms with E-state index in [0.717, 1.165) is 9.86 Å². The minimum Gasteiger partial charge on any atom is -0.337 e. The van der Waals surface area contributed by atoms with E-state index in [-0.39, 0.29) is 0 Å². The Labute approximate surface area is 135 Å². The molecule has 21 heavy (non-hydrogen) atoms. The molecule has 0 saturated carbocycles. The van der Waals surface area contributed by atoms with Gasteiger partial charge in [-0.05, 0) is 51.8 Å². The van der Waals surface area contributed by atoms with Crippen LogP contribution in [0.15, 0.2) is 28.6 Å². The van der Waals surface area contributed by atoms with Crippen LogP contribution in [0.1, 0.15) is 40.5 Å². The van der Waals surface area contributed by atoms with E-state index in [1.54, 1.807) is 23.3 Å². The van der Waals surface area contributed by atoms with Crippen LogP contribution in [0.3, 0.4) is 0 Å². The molecule has 1 aliphatic heterocycles. The Morgan fingerprint density at radius 1 is 1.19 bits per heavy atom. The Balaban J connectivity index is 1.66. The average Bonchev–Trinajstić information content (AvgIpc) is 2.75. The summed E-state index contributed by atoms with van der Waals surface area (Å²) in [6.07, 6.45) is 2.38. The lowest BCUT2D eigenvalue weighted by atomic mass is 9.80. The second kappa shape index (κ2) is 5.54. The van der Waals surface area contributed by atoms with Crippen LogP contribution >= 0.6 is 23.3 Å². The number of nitrogens with one attached hydrogen (secondary N) is 1. The number of hydrogen-bond donors (Lipinski definition) is 2. The number of nitrogens with zero attached hydrogens (tertiary/aromatic N) is 1. The van der Waals surface area contributed by atoms with Gasteiger partial charge in [-0.25, -0.2) is 4.98 Å². The van der Waals surface area contributed by atoms with E-state index >= 15 is 0 Å². The molecule has 2 aromatic rings. The molecule has 0 spiro atoms. The second-order valence-corrected chi connectivity index (χ2v) is 9.51. The Morgan fingerprint density at radius 2 is 1.86 bits per heavy atom. The Morgan fingerprint density at radius 3 is 2.52 bits per heavy atom. The summed E-state index contributed by atoms with van der Waals surface area (Å²) in [6, 6.07) is 8.88. The molecule has 0 bridgehead atoms. The zero-order valence-corrected chi connectivity index (χ0v) is 14.8. The molecule has 0 atom stereocenters. The molecular weight excluding hydrogens is 298 g/mol. The van der Waals surface area contributed by atoms with Crippen molar-refractivity contribution >= 4 is 33.5 Å². The molecule has 3 rings (SSSR count). The first-order valence-corrected chi connectivity index (χ1v) is 9.11. The SMILES string of the molecule is CC1(C)CC(NSc2nc3ccccc3s2)CC(C)(C)[NH2+]1. The van der Waals surface area contributed by atoms with E-state index in [4.69, 9.17) is 0 Å². The van der Waals surface area contributed by atoms with Crippen molar-refractivity contribution in [1.29, 1.82) is 0 Å². The lowest BCUT2D eigenvalue weighted by Gasteiger charge is -2.42. The number of quaternary nitrogens is 1. The van der Waals surface area contributed by atoms with Gasteiger partial charge >= 0.3 is 0 Å². The van der Waals surface area contributed by atoms with Crippen molar-refractivity contribution in [2.75, 3.05) is 0 Å². The van der Waals surface area contributed by atoms with Crippen LogP contribution in [0.5, 0.6) is 0 Å². The minimum absolute atomic E-state index is 0.299. The molecule has 3 N–H and O–H groups in total. The van der Waals surface area contributed by atoms with E-state index in [9.17, 15) is 0 Å². The maximum atomic E-state index is 4.68. The van der Waals surface area contributed by atoms with Gasteiger partial charge in [0.25, 0.3) is 0 Å². The molecule has 0 radical (unpaired) electrons. The third kappa shape index (κ3) is 3.77. The van der Waals surface area contributed by atoms with Crippen LogP contribution < -0.4 is 10.0 Å². The van der Waals surface area contributed by atoms with E-state index in [1.807, 2.05) is 6.07 Å². The van der Waals surface area contributed by atoms with Gasteiger partial charge < -0.3 is 5.32 Å². The van der Waals surface area contributed by atoms with Gasteiger partial charge in [-0.2, -0.15) is 0 Å². The van der Waals surface area contributed by atoms with Gasteiger partial charge in [-0.15, -0.1) is 11.3 Å². The fourth-order valence-corrected chi connectivity index (χ4v) is 5.49. The summed E-state index contributed by atoms with van der Waals surface area (Å²) in [5, 5.41) is 2.51. The highest BCUT2D eigenvalue weighted by molar-refractivity contribution is 7.99. The van der Waals surface area contributed by atoms with Crippen LogP contribution in [-0.2, 0) is 0 Å². The molecule has 0 amide bonds. The fraction of sp³-hybridized carbons (Fsp3) is 0.562. The van der Waals surface area contributed by atoms with Crippen LogP contribution in [0, 0.1) is 0 Å². The summed E-state index contributed by atoms with van der Waals surface area (Å²) in [4.78, 5) is 4.68. The molecule has 1 fully saturated rings. The third-order valence-corrected chi connectivity index (χ3v) is 5.96. The highest BCUT2D eigenvalue weighted by Crippen LogP contribution is 2.30. The first-order chi connectivity index (χ1) is 9.83. The van der Waals surface area contributed by atoms with Gasteiger partial charge in [-0.3, -0.25) is 4.72 Å². The van der Waals surface area contributed by atoms with E-state index in [1.165, 1.54) is 17.5 Å². The Bertz CT molecular complexity index is 584. The molecule has 3 nitrogen and oxygen atoms in total. The van der Waals surface area contributed by atoms with Crippen molar-refractivity contribution in [2.45, 2.75) is 62.0 Å². The smallest absolute Gasteiger partial charge is 0.166 e. The van der Waals surface area contributed by atoms with E-state index in [2.05, 4.69) is 60.9 Å². The summed E-state index contributed by atoms with van der Waals surface area (Å²) in [7, 11) is 0. The van der Waals surface area contributed by atoms with Crippen LogP contribution in [0.2, 0.25) is 0 Å². The van der Waals surface area contributed by atoms with Crippen LogP contribution in [-0.4, -0.2) is 22.1 Å². The summed E-state index contributed by atoms with van der Waals surface area (Å²) in [6.45, 7) is 9.35. The van der Waals surface area contributed by atoms with Gasteiger partial charge in [0.15, 0.2) is 4.34 Å². The monoisotopic (exact) mass is 322 g/mol. The van der Waals surface area contributed by atoms with Crippen molar-refractivity contribution in [1.82, 2.24) is 9.71 Å². The first-order valence-electron chi connectivity index (χ1n) is 7.48. The van der Waals surface area contributed by atoms with Gasteiger partial charge in [0.05, 0.1) is 21.3 Å². The Kier molecular flexibility index (Phi) is 4.03. The maximum Gasteiger partial charge on any atom is 0.166 e. The van der Waals surface area contributed by atoms with Crippen molar-refractivity contribution in [3.8, 4) is 0 Å². The largest absolute Gasteiger partial charge is 0.337 e. The molecule has 1 aromatic heterocycles. The second-order valence-electron chi connectivity index (χ2n) is 7.39. The lowest BCUT2D eigenvalue weighted by Crippen LogP contribution is -3.06. The van der Waals surface area contributed by atoms with Crippen molar-refractivity contribution < 1.29 is 5.32 Å². The quantitative estimate of drug-likeness (QED) is 0.853. The standard InChI is InChI=1S/C16H23N3S2/c1-15(2)9-11(10-16(3,4)19-15)18-21-14-17-12-7-5-6-8-13(12)20-14/h5-8,11,18-19H,9-10H2,1-4H3/p+1. The predicted molar refractivity (Wildman–Crippen MR) is 91.7 cm³/mol. The lowest BCUT2D eigenvalue weighted by molar-refractivity contribution is -0.787. The highest BCUT2D eigenvalue weighted by atomic mass is 32.2. The number of piperidine rings is 1. The molecule has 5 heteroatoms. The number of hydrogen-bond acceptors (Lipinski definition) is 4. The summed E-state index contributed by atoms with van der Waals surface area (Å²) in [5.74, 6) is 0. The number of nitrogens with two attached hydrogens (primary N) is 1. The third-order valence-electron chi connectivity index (χ3n) is 3.91. The molecule has 2 heterocycles. The number of fused-ring (bicyclic) bond motifs is 1. The van der Waals surface area contributed by atoms with E-state index in [0.29, 0.717) is 17.1 Å². The summed E-state index contributed by atoms with van der Waals surface area (Å²) in [5.41, 5.74) is 1.70. The van der Waals surface area contributed by atoms with Gasteiger partial charge in [0.1, 0.15) is 0 Å². The van der Waals surface area contributed by atoms with Gasteiger partial charge in [0.2, 0.25) is 0 Å². The number of para-hydroxylation sites is 1. The number of rotatable bonds is 3. The zero-order chi connectivity index (χ0) is 15.1. The van der Waals surface area contributed by atoms with Crippen molar-refractivity contribution in [3.63, 3.8) is 0 Å². The summed E-state index contributed by atoms with van der Waals surface area (Å²) < 4.78 is 6.03. The molecule has 114 valence electrons. The molecule has 1 aliphatic rings. The fourth-order valence-electron chi connectivity index (χ4n) is 3.63. The minimum atomic E-state index is 0.299. The average molecular weight is 323 g/mol. The van der Waals surface area contributed by atoms with E-state index < -0.39 is 0 Å². The molecular formula is C16H24N3S2+. The molecule has 0 aliphatic carbocycles. The zero-order valence-electron chi connectivity index (χ0n) is 13.1. The number of aromatic nitrogens is 1. The Hall–Kier alpha value is -0.620. The van der Waals surface area contributed by atoms with Crippen LogP contribution in [0.25, 0.3) is 10.2 Å². The maximum absolute atomic E-state index is 4.68. The molecule has 0 unspecified atom stereocenters.